The van der Waals surface area contributed by atoms with Gasteiger partial charge in [0.1, 0.15) is 0 Å². The van der Waals surface area contributed by atoms with Gasteiger partial charge in [-0.25, -0.2) is 0 Å². The van der Waals surface area contributed by atoms with E-state index in [-0.39, 0.29) is 11.6 Å². The van der Waals surface area contributed by atoms with Crippen LogP contribution >= 0.6 is 11.6 Å². The summed E-state index contributed by atoms with van der Waals surface area (Å²) in [5.74, 6) is 5.00. The zero-order valence-corrected chi connectivity index (χ0v) is 7.78. The van der Waals surface area contributed by atoms with Gasteiger partial charge in [0.15, 0.2) is 5.75 Å². The fourth-order valence-electron chi connectivity index (χ4n) is 0.891. The van der Waals surface area contributed by atoms with E-state index in [1.807, 2.05) is 0 Å². The molecule has 72 valence electrons. The monoisotopic (exact) mass is 211 g/mol. The number of halogens is 1. The largest absolute Gasteiger partial charge is 0.502 e. The summed E-state index contributed by atoms with van der Waals surface area (Å²) in [6.07, 6.45) is 0. The summed E-state index contributed by atoms with van der Waals surface area (Å²) in [7, 11) is 0. The molecule has 0 spiro atoms. The molecule has 0 aliphatic rings. The van der Waals surface area contributed by atoms with Crippen molar-refractivity contribution in [1.82, 2.24) is 0 Å². The average molecular weight is 212 g/mol. The van der Waals surface area contributed by atoms with E-state index in [9.17, 15) is 15.2 Å². The van der Waals surface area contributed by atoms with Gasteiger partial charge in [-0.05, 0) is 6.07 Å². The standard InChI is InChI=1S/C9H6ClNO3/c10-5-1-2-7-3-4-8(11(13)14)9(12)6-7/h3-4,6,12H,5H2. The van der Waals surface area contributed by atoms with Gasteiger partial charge in [-0.1, -0.05) is 11.8 Å². The van der Waals surface area contributed by atoms with Crippen LogP contribution in [0, 0.1) is 22.0 Å². The van der Waals surface area contributed by atoms with Crippen molar-refractivity contribution >= 4 is 17.3 Å². The van der Waals surface area contributed by atoms with E-state index in [0.717, 1.165) is 0 Å². The Balaban J connectivity index is 3.06. The highest BCUT2D eigenvalue weighted by atomic mass is 35.5. The Hall–Kier alpha value is -1.73. The second kappa shape index (κ2) is 4.49. The smallest absolute Gasteiger partial charge is 0.310 e. The van der Waals surface area contributed by atoms with Crippen molar-refractivity contribution in [3.63, 3.8) is 0 Å². The number of nitro groups is 1. The summed E-state index contributed by atoms with van der Waals surface area (Å²) in [4.78, 5) is 9.68. The quantitative estimate of drug-likeness (QED) is 0.334. The summed E-state index contributed by atoms with van der Waals surface area (Å²) < 4.78 is 0. The van der Waals surface area contributed by atoms with Crippen LogP contribution in [0.1, 0.15) is 5.56 Å². The molecule has 0 saturated heterocycles. The third-order valence-corrected chi connectivity index (χ3v) is 1.61. The van der Waals surface area contributed by atoms with E-state index in [2.05, 4.69) is 11.8 Å². The average Bonchev–Trinajstić information content (AvgIpc) is 2.14. The number of phenolic OH excluding ortho intramolecular Hbond substituents is 1. The molecule has 0 unspecified atom stereocenters. The highest BCUT2D eigenvalue weighted by Gasteiger charge is 2.11. The molecule has 14 heavy (non-hydrogen) atoms. The number of rotatable bonds is 1. The van der Waals surface area contributed by atoms with Crippen molar-refractivity contribution in [2.45, 2.75) is 0 Å². The molecule has 0 bridgehead atoms. The summed E-state index contributed by atoms with van der Waals surface area (Å²) in [5.41, 5.74) is 0.162. The molecule has 0 aliphatic carbocycles. The van der Waals surface area contributed by atoms with Crippen LogP contribution in [0.2, 0.25) is 0 Å². The molecule has 4 nitrogen and oxygen atoms in total. The lowest BCUT2D eigenvalue weighted by Gasteiger charge is -1.95. The van der Waals surface area contributed by atoms with Crippen LogP contribution in [0.15, 0.2) is 18.2 Å². The maximum absolute atomic E-state index is 10.3. The van der Waals surface area contributed by atoms with Crippen LogP contribution in [-0.4, -0.2) is 15.9 Å². The molecule has 1 aromatic carbocycles. The zero-order chi connectivity index (χ0) is 10.6. The summed E-state index contributed by atoms with van der Waals surface area (Å²) in [6, 6.07) is 3.89. The van der Waals surface area contributed by atoms with E-state index in [1.54, 1.807) is 0 Å². The molecular weight excluding hydrogens is 206 g/mol. The maximum Gasteiger partial charge on any atom is 0.310 e. The second-order valence-electron chi connectivity index (χ2n) is 2.40. The number of nitro benzene ring substituents is 1. The second-order valence-corrected chi connectivity index (χ2v) is 2.66. The first-order valence-electron chi connectivity index (χ1n) is 3.67. The number of aromatic hydroxyl groups is 1. The minimum Gasteiger partial charge on any atom is -0.502 e. The van der Waals surface area contributed by atoms with Gasteiger partial charge >= 0.3 is 5.69 Å². The maximum atomic E-state index is 10.3. The Labute approximate surface area is 85.3 Å². The molecule has 0 aromatic heterocycles. The topological polar surface area (TPSA) is 63.4 Å². The Bertz CT molecular complexity index is 420. The fraction of sp³-hybridized carbons (Fsp3) is 0.111. The first kappa shape index (κ1) is 10.4. The van der Waals surface area contributed by atoms with Gasteiger partial charge in [0.25, 0.3) is 0 Å². The van der Waals surface area contributed by atoms with Crippen LogP contribution < -0.4 is 0 Å². The first-order chi connectivity index (χ1) is 6.65. The number of benzene rings is 1. The van der Waals surface area contributed by atoms with Crippen molar-refractivity contribution in [2.24, 2.45) is 0 Å². The molecule has 0 atom stereocenters. The number of alkyl halides is 1. The van der Waals surface area contributed by atoms with Crippen molar-refractivity contribution in [2.75, 3.05) is 5.88 Å². The Morgan fingerprint density at radius 3 is 2.79 bits per heavy atom. The van der Waals surface area contributed by atoms with Gasteiger partial charge in [0.05, 0.1) is 10.8 Å². The lowest BCUT2D eigenvalue weighted by atomic mass is 10.2. The highest BCUT2D eigenvalue weighted by molar-refractivity contribution is 6.19. The molecular formula is C9H6ClNO3. The van der Waals surface area contributed by atoms with Gasteiger partial charge in [0, 0.05) is 17.7 Å². The Kier molecular flexibility index (Phi) is 3.32. The molecule has 1 aromatic rings. The minimum atomic E-state index is -0.659. The fourth-order valence-corrected chi connectivity index (χ4v) is 0.958. The van der Waals surface area contributed by atoms with Crippen LogP contribution in [0.5, 0.6) is 5.75 Å². The number of hydrogen-bond acceptors (Lipinski definition) is 3. The molecule has 1 rings (SSSR count). The molecule has 5 heteroatoms. The van der Waals surface area contributed by atoms with Crippen molar-refractivity contribution < 1.29 is 10.0 Å². The van der Waals surface area contributed by atoms with Gasteiger partial charge in [-0.3, -0.25) is 10.1 Å². The third-order valence-electron chi connectivity index (χ3n) is 1.47. The number of hydrogen-bond donors (Lipinski definition) is 1. The number of phenols is 1. The molecule has 0 aliphatic heterocycles. The van der Waals surface area contributed by atoms with Crippen LogP contribution in [0.3, 0.4) is 0 Å². The highest BCUT2D eigenvalue weighted by Crippen LogP contribution is 2.25. The summed E-state index contributed by atoms with van der Waals surface area (Å²) in [6.45, 7) is 0. The van der Waals surface area contributed by atoms with Gasteiger partial charge in [-0.15, -0.1) is 11.6 Å². The van der Waals surface area contributed by atoms with Crippen LogP contribution in [-0.2, 0) is 0 Å². The van der Waals surface area contributed by atoms with E-state index in [1.165, 1.54) is 18.2 Å². The van der Waals surface area contributed by atoms with E-state index >= 15 is 0 Å². The molecule has 1 N–H and O–H groups in total. The first-order valence-corrected chi connectivity index (χ1v) is 4.21. The van der Waals surface area contributed by atoms with Crippen molar-refractivity contribution in [3.05, 3.63) is 33.9 Å². The van der Waals surface area contributed by atoms with E-state index in [4.69, 9.17) is 11.6 Å². The van der Waals surface area contributed by atoms with E-state index in [0.29, 0.717) is 5.56 Å². The van der Waals surface area contributed by atoms with E-state index < -0.39 is 10.7 Å². The third kappa shape index (κ3) is 2.38. The normalized spacial score (nSPS) is 8.93. The Morgan fingerprint density at radius 1 is 1.57 bits per heavy atom. The molecule has 0 heterocycles. The molecule has 0 amide bonds. The van der Waals surface area contributed by atoms with Gasteiger partial charge < -0.3 is 5.11 Å². The predicted molar refractivity (Wildman–Crippen MR) is 52.4 cm³/mol. The van der Waals surface area contributed by atoms with Crippen molar-refractivity contribution in [3.8, 4) is 17.6 Å². The van der Waals surface area contributed by atoms with Gasteiger partial charge in [0.2, 0.25) is 0 Å². The van der Waals surface area contributed by atoms with Gasteiger partial charge in [-0.2, -0.15) is 0 Å². The summed E-state index contributed by atoms with van der Waals surface area (Å²) in [5, 5.41) is 19.6. The minimum absolute atomic E-state index is 0.178. The zero-order valence-electron chi connectivity index (χ0n) is 7.03. The molecule has 0 radical (unpaired) electrons. The lowest BCUT2D eigenvalue weighted by Crippen LogP contribution is -1.88. The number of nitrogens with zero attached hydrogens (tertiary/aromatic N) is 1. The Morgan fingerprint density at radius 2 is 2.29 bits per heavy atom. The molecule has 0 saturated carbocycles. The van der Waals surface area contributed by atoms with Crippen molar-refractivity contribution in [1.29, 1.82) is 0 Å². The van der Waals surface area contributed by atoms with Crippen LogP contribution in [0.4, 0.5) is 5.69 Å². The lowest BCUT2D eigenvalue weighted by molar-refractivity contribution is -0.385. The SMILES string of the molecule is O=[N+]([O-])c1ccc(C#CCCl)cc1O. The van der Waals surface area contributed by atoms with Crippen LogP contribution in [0.25, 0.3) is 0 Å². The molecule has 0 fully saturated rings. The predicted octanol–water partition coefficient (Wildman–Crippen LogP) is 1.89. The summed E-state index contributed by atoms with van der Waals surface area (Å²) >= 11 is 5.33.